The van der Waals surface area contributed by atoms with E-state index < -0.39 is 0 Å². The van der Waals surface area contributed by atoms with Crippen molar-refractivity contribution in [3.8, 4) is 0 Å². The van der Waals surface area contributed by atoms with E-state index >= 15 is 0 Å². The molecule has 0 aromatic heterocycles. The lowest BCUT2D eigenvalue weighted by molar-refractivity contribution is -0.132. The Hall–Kier alpha value is -1.10. The first-order valence-corrected chi connectivity index (χ1v) is 8.40. The van der Waals surface area contributed by atoms with E-state index in [-0.39, 0.29) is 12.4 Å². The minimum absolute atomic E-state index is 0. The summed E-state index contributed by atoms with van der Waals surface area (Å²) in [7, 11) is 0. The van der Waals surface area contributed by atoms with Gasteiger partial charge in [0.2, 0.25) is 5.91 Å². The molecule has 1 fully saturated rings. The molecule has 1 N–H and O–H groups in total. The molecule has 1 saturated heterocycles. The quantitative estimate of drug-likeness (QED) is 0.828. The molecule has 1 amide bonds. The van der Waals surface area contributed by atoms with Crippen LogP contribution in [-0.2, 0) is 11.3 Å². The van der Waals surface area contributed by atoms with Crippen molar-refractivity contribution in [2.45, 2.75) is 26.8 Å². The summed E-state index contributed by atoms with van der Waals surface area (Å²) in [6, 6.07) is 10.5. The Morgan fingerprint density at radius 2 is 1.87 bits per heavy atom. The highest BCUT2D eigenvalue weighted by Gasteiger charge is 2.17. The van der Waals surface area contributed by atoms with Crippen LogP contribution in [-0.4, -0.2) is 55.0 Å². The molecule has 5 heteroatoms. The molecule has 1 heterocycles. The largest absolute Gasteiger partial charge is 0.340 e. The monoisotopic (exact) mass is 339 g/mol. The molecule has 0 aliphatic carbocycles. The van der Waals surface area contributed by atoms with Gasteiger partial charge in [0.15, 0.2) is 0 Å². The van der Waals surface area contributed by atoms with Crippen molar-refractivity contribution < 1.29 is 4.79 Å². The number of carbonyl (C=O) groups excluding carboxylic acids is 1. The Kier molecular flexibility index (Phi) is 9.22. The fraction of sp³-hybridized carbons (Fsp3) is 0.611. The van der Waals surface area contributed by atoms with Crippen molar-refractivity contribution >= 4 is 18.3 Å². The second kappa shape index (κ2) is 10.6. The van der Waals surface area contributed by atoms with Gasteiger partial charge in [-0.3, -0.25) is 9.69 Å². The number of hydrogen-bond donors (Lipinski definition) is 1. The second-order valence-corrected chi connectivity index (χ2v) is 6.50. The Balaban J connectivity index is 0.00000264. The van der Waals surface area contributed by atoms with Crippen molar-refractivity contribution in [1.29, 1.82) is 0 Å². The van der Waals surface area contributed by atoms with E-state index in [0.717, 1.165) is 45.8 Å². The predicted octanol–water partition coefficient (Wildman–Crippen LogP) is 2.39. The van der Waals surface area contributed by atoms with Gasteiger partial charge in [0.25, 0.3) is 0 Å². The SMILES string of the molecule is CC(C)CN(CCC(=O)N1CCNCC1)Cc1ccccc1.Cl. The van der Waals surface area contributed by atoms with Gasteiger partial charge in [0.05, 0.1) is 0 Å². The van der Waals surface area contributed by atoms with Crippen molar-refractivity contribution in [3.63, 3.8) is 0 Å². The van der Waals surface area contributed by atoms with Crippen molar-refractivity contribution in [2.24, 2.45) is 5.92 Å². The molecule has 0 bridgehead atoms. The van der Waals surface area contributed by atoms with Crippen LogP contribution in [0, 0.1) is 5.92 Å². The van der Waals surface area contributed by atoms with Crippen LogP contribution in [0.1, 0.15) is 25.8 Å². The number of nitrogens with zero attached hydrogens (tertiary/aromatic N) is 2. The Morgan fingerprint density at radius 3 is 2.48 bits per heavy atom. The topological polar surface area (TPSA) is 35.6 Å². The van der Waals surface area contributed by atoms with Gasteiger partial charge in [0.1, 0.15) is 0 Å². The number of piperazine rings is 1. The van der Waals surface area contributed by atoms with Gasteiger partial charge in [-0.1, -0.05) is 44.2 Å². The highest BCUT2D eigenvalue weighted by molar-refractivity contribution is 5.85. The molecule has 0 spiro atoms. The fourth-order valence-corrected chi connectivity index (χ4v) is 2.92. The van der Waals surface area contributed by atoms with Gasteiger partial charge >= 0.3 is 0 Å². The molecule has 0 saturated carbocycles. The van der Waals surface area contributed by atoms with E-state index in [1.807, 2.05) is 11.0 Å². The number of benzene rings is 1. The molecular weight excluding hydrogens is 310 g/mol. The summed E-state index contributed by atoms with van der Waals surface area (Å²) in [5, 5.41) is 3.29. The van der Waals surface area contributed by atoms with E-state index in [4.69, 9.17) is 0 Å². The van der Waals surface area contributed by atoms with Crippen LogP contribution in [0.2, 0.25) is 0 Å². The zero-order chi connectivity index (χ0) is 15.8. The summed E-state index contributed by atoms with van der Waals surface area (Å²) in [5.74, 6) is 0.904. The highest BCUT2D eigenvalue weighted by Crippen LogP contribution is 2.09. The van der Waals surface area contributed by atoms with E-state index in [1.165, 1.54) is 5.56 Å². The average Bonchev–Trinajstić information content (AvgIpc) is 2.53. The molecule has 130 valence electrons. The summed E-state index contributed by atoms with van der Waals surface area (Å²) in [5.41, 5.74) is 1.32. The summed E-state index contributed by atoms with van der Waals surface area (Å²) in [6.07, 6.45) is 0.625. The summed E-state index contributed by atoms with van der Waals surface area (Å²) >= 11 is 0. The number of hydrogen-bond acceptors (Lipinski definition) is 3. The first-order chi connectivity index (χ1) is 10.6. The zero-order valence-electron chi connectivity index (χ0n) is 14.3. The fourth-order valence-electron chi connectivity index (χ4n) is 2.92. The van der Waals surface area contributed by atoms with E-state index in [1.54, 1.807) is 0 Å². The smallest absolute Gasteiger partial charge is 0.223 e. The van der Waals surface area contributed by atoms with Crippen LogP contribution < -0.4 is 5.32 Å². The third-order valence-corrected chi connectivity index (χ3v) is 3.98. The maximum atomic E-state index is 12.3. The van der Waals surface area contributed by atoms with E-state index in [0.29, 0.717) is 18.2 Å². The van der Waals surface area contributed by atoms with Crippen LogP contribution in [0.4, 0.5) is 0 Å². The molecule has 2 rings (SSSR count). The number of nitrogens with one attached hydrogen (secondary N) is 1. The number of rotatable bonds is 7. The Labute approximate surface area is 146 Å². The highest BCUT2D eigenvalue weighted by atomic mass is 35.5. The average molecular weight is 340 g/mol. The first-order valence-electron chi connectivity index (χ1n) is 8.40. The summed E-state index contributed by atoms with van der Waals surface area (Å²) in [6.45, 7) is 10.8. The Bertz CT molecular complexity index is 447. The van der Waals surface area contributed by atoms with Gasteiger partial charge in [0, 0.05) is 52.2 Å². The van der Waals surface area contributed by atoms with Crippen LogP contribution in [0.25, 0.3) is 0 Å². The van der Waals surface area contributed by atoms with Gasteiger partial charge < -0.3 is 10.2 Å². The number of halogens is 1. The van der Waals surface area contributed by atoms with Crippen molar-refractivity contribution in [2.75, 3.05) is 39.3 Å². The molecule has 0 unspecified atom stereocenters. The minimum atomic E-state index is 0. The normalized spacial score (nSPS) is 14.9. The maximum absolute atomic E-state index is 12.3. The minimum Gasteiger partial charge on any atom is -0.340 e. The lowest BCUT2D eigenvalue weighted by Crippen LogP contribution is -2.47. The number of amides is 1. The predicted molar refractivity (Wildman–Crippen MR) is 97.9 cm³/mol. The maximum Gasteiger partial charge on any atom is 0.223 e. The number of carbonyl (C=O) groups is 1. The van der Waals surface area contributed by atoms with Gasteiger partial charge in [-0.15, -0.1) is 12.4 Å². The Morgan fingerprint density at radius 1 is 1.22 bits per heavy atom. The van der Waals surface area contributed by atoms with Crippen LogP contribution in [0.3, 0.4) is 0 Å². The van der Waals surface area contributed by atoms with Gasteiger partial charge in [-0.05, 0) is 11.5 Å². The van der Waals surface area contributed by atoms with E-state index in [2.05, 4.69) is 48.3 Å². The molecule has 0 radical (unpaired) electrons. The van der Waals surface area contributed by atoms with Gasteiger partial charge in [-0.2, -0.15) is 0 Å². The first kappa shape index (κ1) is 19.9. The molecule has 1 aromatic rings. The van der Waals surface area contributed by atoms with Crippen LogP contribution in [0.15, 0.2) is 30.3 Å². The molecule has 1 aliphatic rings. The van der Waals surface area contributed by atoms with Crippen molar-refractivity contribution in [1.82, 2.24) is 15.1 Å². The van der Waals surface area contributed by atoms with Gasteiger partial charge in [-0.25, -0.2) is 0 Å². The molecule has 23 heavy (non-hydrogen) atoms. The summed E-state index contributed by atoms with van der Waals surface area (Å²) in [4.78, 5) is 16.7. The lowest BCUT2D eigenvalue weighted by Gasteiger charge is -2.29. The zero-order valence-corrected chi connectivity index (χ0v) is 15.1. The molecule has 1 aromatic carbocycles. The third kappa shape index (κ3) is 7.34. The van der Waals surface area contributed by atoms with Crippen LogP contribution >= 0.6 is 12.4 Å². The summed E-state index contributed by atoms with van der Waals surface area (Å²) < 4.78 is 0. The molecular formula is C18H30ClN3O. The van der Waals surface area contributed by atoms with E-state index in [9.17, 15) is 4.79 Å². The van der Waals surface area contributed by atoms with Crippen LogP contribution in [0.5, 0.6) is 0 Å². The second-order valence-electron chi connectivity index (χ2n) is 6.50. The molecule has 1 aliphatic heterocycles. The lowest BCUT2D eigenvalue weighted by atomic mass is 10.1. The molecule has 4 nitrogen and oxygen atoms in total. The standard InChI is InChI=1S/C18H29N3O.ClH/c1-16(2)14-20(15-17-6-4-3-5-7-17)11-8-18(22)21-12-9-19-10-13-21;/h3-7,16,19H,8-15H2,1-2H3;1H. The molecule has 0 atom stereocenters. The third-order valence-electron chi connectivity index (χ3n) is 3.98. The van der Waals surface area contributed by atoms with Crippen molar-refractivity contribution in [3.05, 3.63) is 35.9 Å².